The van der Waals surface area contributed by atoms with Gasteiger partial charge in [0.1, 0.15) is 5.75 Å². The average molecular weight is 502 g/mol. The first-order chi connectivity index (χ1) is 13.2. The van der Waals surface area contributed by atoms with E-state index in [4.69, 9.17) is 9.73 Å². The molecule has 2 rings (SSSR count). The average Bonchev–Trinajstić information content (AvgIpc) is 2.68. The van der Waals surface area contributed by atoms with Gasteiger partial charge in [0.15, 0.2) is 5.96 Å². The second-order valence-electron chi connectivity index (χ2n) is 7.27. The van der Waals surface area contributed by atoms with Gasteiger partial charge >= 0.3 is 0 Å². The van der Waals surface area contributed by atoms with Crippen molar-refractivity contribution in [3.05, 3.63) is 29.8 Å². The predicted octanol–water partition coefficient (Wildman–Crippen LogP) is 4.07. The van der Waals surface area contributed by atoms with Crippen LogP contribution in [-0.4, -0.2) is 56.2 Å². The zero-order valence-corrected chi connectivity index (χ0v) is 20.2. The minimum absolute atomic E-state index is 0. The van der Waals surface area contributed by atoms with Gasteiger partial charge in [-0.15, -0.1) is 24.0 Å². The van der Waals surface area contributed by atoms with Gasteiger partial charge in [-0.2, -0.15) is 0 Å². The van der Waals surface area contributed by atoms with Crippen LogP contribution in [0.25, 0.3) is 0 Å². The highest BCUT2D eigenvalue weighted by Crippen LogP contribution is 2.14. The molecule has 160 valence electrons. The molecular formula is C22H39IN4O. The van der Waals surface area contributed by atoms with Crippen molar-refractivity contribution in [3.8, 4) is 5.75 Å². The Hall–Kier alpha value is -1.02. The van der Waals surface area contributed by atoms with Gasteiger partial charge in [-0.3, -0.25) is 4.99 Å². The summed E-state index contributed by atoms with van der Waals surface area (Å²) >= 11 is 0. The summed E-state index contributed by atoms with van der Waals surface area (Å²) in [6.07, 6.45) is 5.59. The monoisotopic (exact) mass is 502 g/mol. The first-order valence-corrected chi connectivity index (χ1v) is 10.7. The molecule has 0 aromatic heterocycles. The Kier molecular flexibility index (Phi) is 13.3. The van der Waals surface area contributed by atoms with Crippen LogP contribution < -0.4 is 15.4 Å². The number of guanidine groups is 1. The molecule has 0 unspecified atom stereocenters. The number of aliphatic imine (C=N–C) groups is 1. The number of nitrogens with zero attached hydrogens (tertiary/aromatic N) is 2. The summed E-state index contributed by atoms with van der Waals surface area (Å²) in [5.41, 5.74) is 1.27. The van der Waals surface area contributed by atoms with E-state index in [1.807, 2.05) is 6.07 Å². The fraction of sp³-hybridized carbons (Fsp3) is 0.682. The number of rotatable bonds is 10. The summed E-state index contributed by atoms with van der Waals surface area (Å²) in [5.74, 6) is 1.91. The lowest BCUT2D eigenvalue weighted by molar-refractivity contribution is 0.206. The van der Waals surface area contributed by atoms with E-state index in [2.05, 4.69) is 54.5 Å². The highest BCUT2D eigenvalue weighted by molar-refractivity contribution is 14.0. The van der Waals surface area contributed by atoms with Gasteiger partial charge in [0.25, 0.3) is 0 Å². The van der Waals surface area contributed by atoms with Crippen LogP contribution in [-0.2, 0) is 6.42 Å². The van der Waals surface area contributed by atoms with Crippen LogP contribution in [0.15, 0.2) is 29.3 Å². The van der Waals surface area contributed by atoms with Crippen LogP contribution in [0.3, 0.4) is 0 Å². The molecule has 1 aromatic carbocycles. The van der Waals surface area contributed by atoms with Crippen molar-refractivity contribution in [2.75, 3.05) is 39.3 Å². The number of piperidine rings is 1. The fourth-order valence-electron chi connectivity index (χ4n) is 3.44. The number of hydrogen-bond donors (Lipinski definition) is 2. The molecule has 0 amide bonds. The Bertz CT molecular complexity index is 559. The number of halogens is 1. The van der Waals surface area contributed by atoms with Gasteiger partial charge in [-0.1, -0.05) is 26.0 Å². The van der Waals surface area contributed by atoms with Crippen molar-refractivity contribution in [2.24, 2.45) is 4.99 Å². The van der Waals surface area contributed by atoms with Crippen LogP contribution >= 0.6 is 24.0 Å². The molecule has 0 saturated carbocycles. The third-order valence-electron chi connectivity index (χ3n) is 4.85. The molecule has 1 fully saturated rings. The zero-order valence-electron chi connectivity index (χ0n) is 17.9. The van der Waals surface area contributed by atoms with Gasteiger partial charge in [-0.05, 0) is 63.3 Å². The SMILES string of the molecule is CCCOc1cccc(CCN=C(NCC)NC2CCN(CCC)CC2)c1.I. The second-order valence-corrected chi connectivity index (χ2v) is 7.27. The molecule has 6 heteroatoms. The highest BCUT2D eigenvalue weighted by Gasteiger charge is 2.19. The smallest absolute Gasteiger partial charge is 0.191 e. The molecule has 0 radical (unpaired) electrons. The highest BCUT2D eigenvalue weighted by atomic mass is 127. The Morgan fingerprint density at radius 1 is 1.18 bits per heavy atom. The summed E-state index contributed by atoms with van der Waals surface area (Å²) in [6, 6.07) is 8.91. The van der Waals surface area contributed by atoms with E-state index < -0.39 is 0 Å². The molecular weight excluding hydrogens is 463 g/mol. The summed E-state index contributed by atoms with van der Waals surface area (Å²) in [6.45, 7) is 12.5. The van der Waals surface area contributed by atoms with Crippen LogP contribution in [0.1, 0.15) is 52.0 Å². The van der Waals surface area contributed by atoms with Gasteiger partial charge in [0, 0.05) is 32.2 Å². The van der Waals surface area contributed by atoms with E-state index >= 15 is 0 Å². The summed E-state index contributed by atoms with van der Waals surface area (Å²) < 4.78 is 5.72. The lowest BCUT2D eigenvalue weighted by Crippen LogP contribution is -2.48. The topological polar surface area (TPSA) is 48.9 Å². The molecule has 1 aliphatic rings. The molecule has 1 aliphatic heterocycles. The third kappa shape index (κ3) is 9.45. The van der Waals surface area contributed by atoms with Crippen LogP contribution in [0.4, 0.5) is 0 Å². The maximum atomic E-state index is 5.72. The van der Waals surface area contributed by atoms with Gasteiger partial charge in [0.05, 0.1) is 6.61 Å². The normalized spacial score (nSPS) is 15.8. The van der Waals surface area contributed by atoms with Crippen molar-refractivity contribution in [1.29, 1.82) is 0 Å². The van der Waals surface area contributed by atoms with E-state index in [-0.39, 0.29) is 24.0 Å². The first-order valence-electron chi connectivity index (χ1n) is 10.7. The van der Waals surface area contributed by atoms with Crippen molar-refractivity contribution in [3.63, 3.8) is 0 Å². The minimum Gasteiger partial charge on any atom is -0.494 e. The lowest BCUT2D eigenvalue weighted by Gasteiger charge is -2.32. The number of ether oxygens (including phenoxy) is 1. The molecule has 0 spiro atoms. The number of likely N-dealkylation sites (tertiary alicyclic amines) is 1. The van der Waals surface area contributed by atoms with E-state index in [0.29, 0.717) is 6.04 Å². The molecule has 1 aromatic rings. The van der Waals surface area contributed by atoms with Crippen LogP contribution in [0.5, 0.6) is 5.75 Å². The maximum absolute atomic E-state index is 5.72. The second kappa shape index (κ2) is 14.9. The van der Waals surface area contributed by atoms with Crippen molar-refractivity contribution in [2.45, 2.75) is 58.9 Å². The molecule has 28 heavy (non-hydrogen) atoms. The minimum atomic E-state index is 0. The summed E-state index contributed by atoms with van der Waals surface area (Å²) in [4.78, 5) is 7.36. The van der Waals surface area contributed by atoms with Gasteiger partial charge in [-0.25, -0.2) is 0 Å². The van der Waals surface area contributed by atoms with E-state index in [0.717, 1.165) is 44.2 Å². The predicted molar refractivity (Wildman–Crippen MR) is 130 cm³/mol. The van der Waals surface area contributed by atoms with E-state index in [1.165, 1.54) is 44.5 Å². The van der Waals surface area contributed by atoms with Crippen molar-refractivity contribution in [1.82, 2.24) is 15.5 Å². The maximum Gasteiger partial charge on any atom is 0.191 e. The zero-order chi connectivity index (χ0) is 19.3. The Balaban J connectivity index is 0.00000392. The third-order valence-corrected chi connectivity index (χ3v) is 4.85. The number of hydrogen-bond acceptors (Lipinski definition) is 3. The first kappa shape index (κ1) is 25.0. The molecule has 0 atom stereocenters. The van der Waals surface area contributed by atoms with Crippen LogP contribution in [0.2, 0.25) is 0 Å². The molecule has 1 heterocycles. The van der Waals surface area contributed by atoms with Gasteiger partial charge < -0.3 is 20.3 Å². The standard InChI is InChI=1S/C22H38N4O.HI/c1-4-14-26-15-11-20(12-16-26)25-22(23-6-3)24-13-10-19-8-7-9-21(18-19)27-17-5-2;/h7-9,18,20H,4-6,10-17H2,1-3H3,(H2,23,24,25);1H. The summed E-state index contributed by atoms with van der Waals surface area (Å²) in [7, 11) is 0. The molecule has 0 aliphatic carbocycles. The molecule has 2 N–H and O–H groups in total. The van der Waals surface area contributed by atoms with E-state index in [9.17, 15) is 0 Å². The lowest BCUT2D eigenvalue weighted by atomic mass is 10.1. The van der Waals surface area contributed by atoms with E-state index in [1.54, 1.807) is 0 Å². The Morgan fingerprint density at radius 2 is 1.96 bits per heavy atom. The Morgan fingerprint density at radius 3 is 2.64 bits per heavy atom. The quantitative estimate of drug-likeness (QED) is 0.288. The van der Waals surface area contributed by atoms with Crippen molar-refractivity contribution >= 4 is 29.9 Å². The number of benzene rings is 1. The fourth-order valence-corrected chi connectivity index (χ4v) is 3.44. The Labute approximate surface area is 188 Å². The van der Waals surface area contributed by atoms with Gasteiger partial charge in [0.2, 0.25) is 0 Å². The molecule has 0 bridgehead atoms. The number of nitrogens with one attached hydrogen (secondary N) is 2. The largest absolute Gasteiger partial charge is 0.494 e. The van der Waals surface area contributed by atoms with Crippen LogP contribution in [0, 0.1) is 0 Å². The molecule has 5 nitrogen and oxygen atoms in total. The molecule has 1 saturated heterocycles. The van der Waals surface area contributed by atoms with Crippen molar-refractivity contribution < 1.29 is 4.74 Å². The summed E-state index contributed by atoms with van der Waals surface area (Å²) in [5, 5.41) is 7.03.